The third kappa shape index (κ3) is 9.54. The lowest BCUT2D eigenvalue weighted by atomic mass is 10.0. The predicted octanol–water partition coefficient (Wildman–Crippen LogP) is -0.172. The number of amides is 6. The molecule has 2 bridgehead atoms. The number of aromatic amines is 1. The van der Waals surface area contributed by atoms with Crippen LogP contribution in [0, 0.1) is 0 Å². The minimum Gasteiger partial charge on any atom is -0.484 e. The Morgan fingerprint density at radius 2 is 1.74 bits per heavy atom. The lowest BCUT2D eigenvalue weighted by Crippen LogP contribution is -2.60. The number of carbonyl (C=O) groups is 6. The first-order valence-corrected chi connectivity index (χ1v) is 18.0. The first-order valence-electron chi connectivity index (χ1n) is 18.0. The maximum atomic E-state index is 14.6. The molecule has 0 radical (unpaired) electrons. The average molecular weight is 748 g/mol. The van der Waals surface area contributed by atoms with Crippen molar-refractivity contribution in [1.82, 2.24) is 36.5 Å². The zero-order valence-electron chi connectivity index (χ0n) is 31.1. The smallest absolute Gasteiger partial charge is 0.258 e. The molecule has 1 aromatic heterocycles. The van der Waals surface area contributed by atoms with Crippen LogP contribution in [0.25, 0.3) is 10.9 Å². The van der Waals surface area contributed by atoms with Gasteiger partial charge in [-0.05, 0) is 69.9 Å². The molecule has 1 saturated heterocycles. The van der Waals surface area contributed by atoms with Crippen molar-refractivity contribution in [2.24, 2.45) is 0 Å². The van der Waals surface area contributed by atoms with Crippen molar-refractivity contribution in [3.8, 4) is 5.75 Å². The number of rotatable bonds is 6. The highest BCUT2D eigenvalue weighted by Crippen LogP contribution is 2.24. The molecule has 7 N–H and O–H groups in total. The summed E-state index contributed by atoms with van der Waals surface area (Å²) in [6.45, 7) is 5.68. The summed E-state index contributed by atoms with van der Waals surface area (Å²) >= 11 is 0. The van der Waals surface area contributed by atoms with Crippen molar-refractivity contribution >= 4 is 46.3 Å². The Bertz CT molecular complexity index is 1860. The van der Waals surface area contributed by atoms with Gasteiger partial charge in [0.2, 0.25) is 23.6 Å². The normalized spacial score (nSPS) is 24.2. The standard InChI is InChI=1S/C38H49N7O9/c1-21-33(48)39-15-14-23-10-12-26(13-11-23)54-20-31(47)43-29(16-24-18-40-28-9-7-6-8-27(24)28)36(51)45-19-25(42-37(52)38(3,4)53-5)17-30(45)34(49)44-32(22(2)46)35(50)41-21/h6-13,18,21-22,25,29-30,32,40,46H,14-17,19-20H2,1-5H3,(H,39,48)(H,41,50)(H,42,52)(H,43,47)(H,44,49)/t21-,22+,25-,29+,30-,32-/m0/s1. The van der Waals surface area contributed by atoms with Crippen LogP contribution in [0.1, 0.15) is 45.2 Å². The van der Waals surface area contributed by atoms with Gasteiger partial charge in [-0.25, -0.2) is 0 Å². The molecule has 3 aliphatic heterocycles. The van der Waals surface area contributed by atoms with Gasteiger partial charge < -0.3 is 51.0 Å². The summed E-state index contributed by atoms with van der Waals surface area (Å²) in [6.07, 6.45) is 0.819. The summed E-state index contributed by atoms with van der Waals surface area (Å²) in [5, 5.41) is 25.0. The van der Waals surface area contributed by atoms with Crippen LogP contribution in [0.4, 0.5) is 0 Å². The maximum Gasteiger partial charge on any atom is 0.258 e. The van der Waals surface area contributed by atoms with Crippen LogP contribution in [0.15, 0.2) is 54.7 Å². The monoisotopic (exact) mass is 747 g/mol. The molecule has 0 aliphatic carbocycles. The zero-order valence-corrected chi connectivity index (χ0v) is 31.1. The number of aromatic nitrogens is 1. The van der Waals surface area contributed by atoms with Gasteiger partial charge in [-0.2, -0.15) is 0 Å². The van der Waals surface area contributed by atoms with Crippen molar-refractivity contribution in [1.29, 1.82) is 0 Å². The van der Waals surface area contributed by atoms with E-state index in [9.17, 15) is 33.9 Å². The molecule has 6 amide bonds. The Morgan fingerprint density at radius 1 is 1.02 bits per heavy atom. The number of aliphatic hydroxyl groups excluding tert-OH is 1. The first kappa shape index (κ1) is 39.7. The van der Waals surface area contributed by atoms with Crippen molar-refractivity contribution in [2.75, 3.05) is 26.8 Å². The largest absolute Gasteiger partial charge is 0.484 e. The fraction of sp³-hybridized carbons (Fsp3) is 0.474. The van der Waals surface area contributed by atoms with Crippen LogP contribution in [0.3, 0.4) is 0 Å². The molecule has 6 rings (SSSR count). The number of ether oxygens (including phenoxy) is 2. The highest BCUT2D eigenvalue weighted by Gasteiger charge is 2.45. The molecule has 54 heavy (non-hydrogen) atoms. The maximum absolute atomic E-state index is 14.6. The molecule has 6 atom stereocenters. The molecule has 16 heteroatoms. The number of para-hydroxylation sites is 1. The van der Waals surface area contributed by atoms with Crippen LogP contribution >= 0.6 is 0 Å². The lowest BCUT2D eigenvalue weighted by Gasteiger charge is -2.30. The van der Waals surface area contributed by atoms with Gasteiger partial charge in [0.05, 0.1) is 6.10 Å². The van der Waals surface area contributed by atoms with Gasteiger partial charge in [-0.15, -0.1) is 0 Å². The second kappa shape index (κ2) is 17.1. The molecule has 0 spiro atoms. The second-order valence-electron chi connectivity index (χ2n) is 14.2. The molecule has 3 aromatic rings. The average Bonchev–Trinajstić information content (AvgIpc) is 3.76. The third-order valence-electron chi connectivity index (χ3n) is 9.83. The molecule has 290 valence electrons. The molecule has 3 aliphatic rings. The summed E-state index contributed by atoms with van der Waals surface area (Å²) in [7, 11) is 1.39. The third-order valence-corrected chi connectivity index (χ3v) is 9.83. The van der Waals surface area contributed by atoms with Crippen LogP contribution in [-0.2, 0) is 46.3 Å². The lowest BCUT2D eigenvalue weighted by molar-refractivity contribution is -0.143. The van der Waals surface area contributed by atoms with Crippen molar-refractivity contribution < 1.29 is 43.3 Å². The first-order chi connectivity index (χ1) is 25.7. The number of aliphatic hydroxyl groups is 1. The van der Waals surface area contributed by atoms with Crippen molar-refractivity contribution in [3.63, 3.8) is 0 Å². The molecular formula is C38H49N7O9. The molecule has 16 nitrogen and oxygen atoms in total. The topological polar surface area (TPSA) is 220 Å². The van der Waals surface area contributed by atoms with E-state index in [0.717, 1.165) is 22.0 Å². The van der Waals surface area contributed by atoms with E-state index < -0.39 is 84.0 Å². The Hall–Kier alpha value is -5.48. The number of carbonyl (C=O) groups excluding carboxylic acids is 6. The summed E-state index contributed by atoms with van der Waals surface area (Å²) < 4.78 is 11.1. The Morgan fingerprint density at radius 3 is 2.44 bits per heavy atom. The van der Waals surface area contributed by atoms with Gasteiger partial charge in [0.1, 0.15) is 35.5 Å². The second-order valence-corrected chi connectivity index (χ2v) is 14.2. The van der Waals surface area contributed by atoms with E-state index in [2.05, 4.69) is 31.6 Å². The number of nitrogens with zero attached hydrogens (tertiary/aromatic N) is 1. The van der Waals surface area contributed by atoms with Gasteiger partial charge in [0.15, 0.2) is 6.61 Å². The SMILES string of the molecule is COC(C)(C)C(=O)N[C@H]1C[C@H]2C(=O)N[C@@H]([C@@H](C)O)C(=O)N[C@@H](C)C(=O)NCCc3ccc(cc3)OCC(=O)N[C@H](Cc3c[nH]c4ccccc34)C(=O)N2C1. The number of benzene rings is 2. The van der Waals surface area contributed by atoms with E-state index in [1.807, 2.05) is 24.3 Å². The van der Waals surface area contributed by atoms with Crippen molar-refractivity contribution in [2.45, 2.75) is 88.9 Å². The molecular weight excluding hydrogens is 698 g/mol. The van der Waals surface area contributed by atoms with E-state index >= 15 is 0 Å². The summed E-state index contributed by atoms with van der Waals surface area (Å²) in [6, 6.07) is 8.82. The van der Waals surface area contributed by atoms with Crippen LogP contribution in [0.2, 0.25) is 0 Å². The quantitative estimate of drug-likeness (QED) is 0.166. The van der Waals surface area contributed by atoms with Crippen LogP contribution in [0.5, 0.6) is 5.75 Å². The molecule has 4 heterocycles. The predicted molar refractivity (Wildman–Crippen MR) is 197 cm³/mol. The Balaban J connectivity index is 1.50. The summed E-state index contributed by atoms with van der Waals surface area (Å²) in [4.78, 5) is 85.9. The minimum absolute atomic E-state index is 0.0422. The van der Waals surface area contributed by atoms with Gasteiger partial charge in [-0.3, -0.25) is 28.8 Å². The fourth-order valence-corrected chi connectivity index (χ4v) is 6.45. The highest BCUT2D eigenvalue weighted by molar-refractivity contribution is 5.97. The van der Waals surface area contributed by atoms with E-state index in [0.29, 0.717) is 12.2 Å². The number of hydrogen-bond acceptors (Lipinski definition) is 9. The van der Waals surface area contributed by atoms with Crippen molar-refractivity contribution in [3.05, 3.63) is 65.9 Å². The fourth-order valence-electron chi connectivity index (χ4n) is 6.45. The molecule has 2 aromatic carbocycles. The number of methoxy groups -OCH3 is 1. The van der Waals surface area contributed by atoms with E-state index in [1.165, 1.54) is 25.9 Å². The molecule has 0 unspecified atom stereocenters. The van der Waals surface area contributed by atoms with Gasteiger partial charge in [0.25, 0.3) is 11.8 Å². The van der Waals surface area contributed by atoms with Gasteiger partial charge in [-0.1, -0.05) is 30.3 Å². The Kier molecular flexibility index (Phi) is 12.6. The Labute approximate surface area is 313 Å². The van der Waals surface area contributed by atoms with Crippen LogP contribution in [-0.4, -0.2) is 119 Å². The van der Waals surface area contributed by atoms with E-state index in [4.69, 9.17) is 9.47 Å². The molecule has 0 saturated carbocycles. The minimum atomic E-state index is -1.50. The van der Waals surface area contributed by atoms with Gasteiger partial charge >= 0.3 is 0 Å². The number of fused-ring (bicyclic) bond motifs is 17. The number of hydrogen-bond donors (Lipinski definition) is 7. The van der Waals surface area contributed by atoms with Crippen LogP contribution < -0.4 is 31.3 Å². The van der Waals surface area contributed by atoms with E-state index in [-0.39, 0.29) is 25.9 Å². The molecule has 1 fully saturated rings. The number of H-pyrrole nitrogens is 1. The highest BCUT2D eigenvalue weighted by atomic mass is 16.5. The summed E-state index contributed by atoms with van der Waals surface area (Å²) in [5.41, 5.74) is 1.22. The van der Waals surface area contributed by atoms with Gasteiger partial charge in [0, 0.05) is 49.8 Å². The van der Waals surface area contributed by atoms with E-state index in [1.54, 1.807) is 44.3 Å². The number of nitrogens with one attached hydrogen (secondary N) is 6. The summed E-state index contributed by atoms with van der Waals surface area (Å²) in [5.74, 6) is -3.34. The zero-order chi connectivity index (χ0) is 39.2.